The van der Waals surface area contributed by atoms with Crippen molar-refractivity contribution in [3.63, 3.8) is 0 Å². The average molecular weight is 371 g/mol. The molecular weight excluding hydrogens is 342 g/mol. The highest BCUT2D eigenvalue weighted by atomic mass is 16.2. The van der Waals surface area contributed by atoms with Crippen LogP contribution in [0.2, 0.25) is 0 Å². The number of hydrogen-bond acceptors (Lipinski definition) is 3. The maximum Gasteiger partial charge on any atom is 0.315 e. The predicted molar refractivity (Wildman–Crippen MR) is 105 cm³/mol. The smallest absolute Gasteiger partial charge is 0.315 e. The molecule has 1 fully saturated rings. The third-order valence-electron chi connectivity index (χ3n) is 5.00. The molecule has 0 spiro atoms. The maximum absolute atomic E-state index is 12.1. The lowest BCUT2D eigenvalue weighted by molar-refractivity contribution is -0.121. The number of H-pyrrole nitrogens is 1. The van der Waals surface area contributed by atoms with Crippen molar-refractivity contribution in [2.24, 2.45) is 0 Å². The predicted octanol–water partition coefficient (Wildman–Crippen LogP) is 3.15. The first kappa shape index (κ1) is 19.2. The van der Waals surface area contributed by atoms with Gasteiger partial charge < -0.3 is 20.9 Å². The summed E-state index contributed by atoms with van der Waals surface area (Å²) in [6.07, 6.45) is 6.75. The van der Waals surface area contributed by atoms with Crippen LogP contribution in [0.1, 0.15) is 63.7 Å². The molecule has 0 radical (unpaired) electrons. The molecular formula is C20H29N5O2. The van der Waals surface area contributed by atoms with Crippen LogP contribution in [0.4, 0.5) is 4.79 Å². The minimum absolute atomic E-state index is 0.0440. The van der Waals surface area contributed by atoms with Crippen molar-refractivity contribution in [1.29, 1.82) is 0 Å². The van der Waals surface area contributed by atoms with Crippen molar-refractivity contribution in [1.82, 2.24) is 25.9 Å². The number of imidazole rings is 1. The van der Waals surface area contributed by atoms with Gasteiger partial charge in [0.25, 0.3) is 0 Å². The largest absolute Gasteiger partial charge is 0.346 e. The van der Waals surface area contributed by atoms with Gasteiger partial charge in [-0.25, -0.2) is 9.78 Å². The van der Waals surface area contributed by atoms with Crippen LogP contribution < -0.4 is 16.0 Å². The molecule has 0 aliphatic heterocycles. The first-order valence-corrected chi connectivity index (χ1v) is 9.90. The molecule has 0 saturated heterocycles. The highest BCUT2D eigenvalue weighted by molar-refractivity contribution is 5.78. The molecule has 27 heavy (non-hydrogen) atoms. The number of urea groups is 1. The topological polar surface area (TPSA) is 98.9 Å². The highest BCUT2D eigenvalue weighted by Crippen LogP contribution is 2.17. The average Bonchev–Trinajstić information content (AvgIpc) is 3.10. The Morgan fingerprint density at radius 2 is 2.00 bits per heavy atom. The van der Waals surface area contributed by atoms with Crippen LogP contribution in [-0.4, -0.2) is 34.5 Å². The number of hydrogen-bond donors (Lipinski definition) is 4. The monoisotopic (exact) mass is 371 g/mol. The Labute approximate surface area is 159 Å². The summed E-state index contributed by atoms with van der Waals surface area (Å²) in [5.74, 6) is 0.701. The second-order valence-electron chi connectivity index (χ2n) is 7.27. The van der Waals surface area contributed by atoms with Gasteiger partial charge in [0.05, 0.1) is 17.1 Å². The Balaban J connectivity index is 1.33. The van der Waals surface area contributed by atoms with Gasteiger partial charge in [-0.05, 0) is 38.3 Å². The van der Waals surface area contributed by atoms with Gasteiger partial charge in [0.15, 0.2) is 0 Å². The fourth-order valence-electron chi connectivity index (χ4n) is 3.49. The van der Waals surface area contributed by atoms with Crippen molar-refractivity contribution >= 4 is 23.0 Å². The summed E-state index contributed by atoms with van der Waals surface area (Å²) in [4.78, 5) is 31.7. The molecule has 1 aliphatic rings. The molecule has 1 aliphatic carbocycles. The second kappa shape index (κ2) is 9.39. The zero-order chi connectivity index (χ0) is 19.1. The van der Waals surface area contributed by atoms with Gasteiger partial charge in [0.1, 0.15) is 5.82 Å². The zero-order valence-electron chi connectivity index (χ0n) is 15.9. The van der Waals surface area contributed by atoms with Crippen LogP contribution in [0.25, 0.3) is 11.0 Å². The van der Waals surface area contributed by atoms with E-state index < -0.39 is 0 Å². The minimum Gasteiger partial charge on any atom is -0.346 e. The van der Waals surface area contributed by atoms with Crippen LogP contribution in [0, 0.1) is 0 Å². The molecule has 1 aromatic carbocycles. The third kappa shape index (κ3) is 5.70. The van der Waals surface area contributed by atoms with E-state index in [0.717, 1.165) is 29.7 Å². The first-order valence-electron chi connectivity index (χ1n) is 9.90. The molecule has 3 amide bonds. The number of nitrogens with one attached hydrogen (secondary N) is 4. The van der Waals surface area contributed by atoms with E-state index in [9.17, 15) is 9.59 Å². The van der Waals surface area contributed by atoms with E-state index in [-0.39, 0.29) is 18.0 Å². The van der Waals surface area contributed by atoms with E-state index in [4.69, 9.17) is 0 Å². The van der Waals surface area contributed by atoms with Gasteiger partial charge in [-0.3, -0.25) is 4.79 Å². The van der Waals surface area contributed by atoms with Crippen LogP contribution >= 0.6 is 0 Å². The van der Waals surface area contributed by atoms with Gasteiger partial charge in [0.2, 0.25) is 5.91 Å². The Morgan fingerprint density at radius 1 is 1.22 bits per heavy atom. The number of para-hydroxylation sites is 2. The van der Waals surface area contributed by atoms with E-state index in [0.29, 0.717) is 25.4 Å². The zero-order valence-corrected chi connectivity index (χ0v) is 15.9. The fourth-order valence-corrected chi connectivity index (χ4v) is 3.49. The Hall–Kier alpha value is -2.57. The Kier molecular flexibility index (Phi) is 6.68. The lowest BCUT2D eigenvalue weighted by Gasteiger charge is -2.22. The number of aromatic nitrogens is 2. The molecule has 4 N–H and O–H groups in total. The highest BCUT2D eigenvalue weighted by Gasteiger charge is 2.16. The SMILES string of the molecule is CC(NC(=O)CCCNC(=O)NC1CCCCC1)c1nc2ccccc2[nH]1. The molecule has 1 atom stereocenters. The van der Waals surface area contributed by atoms with Gasteiger partial charge in [-0.2, -0.15) is 0 Å². The van der Waals surface area contributed by atoms with E-state index in [1.54, 1.807) is 0 Å². The Bertz CT molecular complexity index is 734. The molecule has 7 nitrogen and oxygen atoms in total. The molecule has 3 rings (SSSR count). The maximum atomic E-state index is 12.1. The second-order valence-corrected chi connectivity index (χ2v) is 7.27. The first-order chi connectivity index (χ1) is 13.1. The van der Waals surface area contributed by atoms with Crippen LogP contribution in [0.5, 0.6) is 0 Å². The number of amides is 3. The van der Waals surface area contributed by atoms with Gasteiger partial charge in [0, 0.05) is 19.0 Å². The van der Waals surface area contributed by atoms with Crippen molar-refractivity contribution in [3.05, 3.63) is 30.1 Å². The number of nitrogens with zero attached hydrogens (tertiary/aromatic N) is 1. The molecule has 1 saturated carbocycles. The number of aromatic amines is 1. The normalized spacial score (nSPS) is 16.0. The molecule has 0 bridgehead atoms. The molecule has 1 heterocycles. The van der Waals surface area contributed by atoms with Crippen molar-refractivity contribution < 1.29 is 9.59 Å². The number of benzene rings is 1. The quantitative estimate of drug-likeness (QED) is 0.563. The summed E-state index contributed by atoms with van der Waals surface area (Å²) in [6.45, 7) is 2.40. The lowest BCUT2D eigenvalue weighted by atomic mass is 9.96. The fraction of sp³-hybridized carbons (Fsp3) is 0.550. The van der Waals surface area contributed by atoms with Crippen molar-refractivity contribution in [2.45, 2.75) is 64.0 Å². The number of carbonyl (C=O) groups is 2. The molecule has 7 heteroatoms. The summed E-state index contributed by atoms with van der Waals surface area (Å²) in [5, 5.41) is 8.80. The van der Waals surface area contributed by atoms with Crippen molar-refractivity contribution in [3.8, 4) is 0 Å². The van der Waals surface area contributed by atoms with Crippen LogP contribution in [0.15, 0.2) is 24.3 Å². The minimum atomic E-state index is -0.188. The van der Waals surface area contributed by atoms with Gasteiger partial charge >= 0.3 is 6.03 Å². The van der Waals surface area contributed by atoms with E-state index >= 15 is 0 Å². The number of fused-ring (bicyclic) bond motifs is 1. The van der Waals surface area contributed by atoms with Crippen LogP contribution in [-0.2, 0) is 4.79 Å². The van der Waals surface area contributed by atoms with E-state index in [2.05, 4.69) is 25.9 Å². The van der Waals surface area contributed by atoms with E-state index in [1.807, 2.05) is 31.2 Å². The van der Waals surface area contributed by atoms with Crippen LogP contribution in [0.3, 0.4) is 0 Å². The molecule has 1 aromatic heterocycles. The molecule has 146 valence electrons. The molecule has 2 aromatic rings. The summed E-state index contributed by atoms with van der Waals surface area (Å²) >= 11 is 0. The molecule has 1 unspecified atom stereocenters. The third-order valence-corrected chi connectivity index (χ3v) is 5.00. The van der Waals surface area contributed by atoms with Gasteiger partial charge in [-0.1, -0.05) is 31.4 Å². The van der Waals surface area contributed by atoms with E-state index in [1.165, 1.54) is 19.3 Å². The number of rotatable bonds is 7. The summed E-state index contributed by atoms with van der Waals surface area (Å²) < 4.78 is 0. The van der Waals surface area contributed by atoms with Crippen molar-refractivity contribution in [2.75, 3.05) is 6.54 Å². The number of carbonyl (C=O) groups excluding carboxylic acids is 2. The summed E-state index contributed by atoms with van der Waals surface area (Å²) in [7, 11) is 0. The standard InChI is InChI=1S/C20H29N5O2/c1-14(19-24-16-10-5-6-11-17(16)25-19)22-18(26)12-7-13-21-20(27)23-15-8-3-2-4-9-15/h5-6,10-11,14-15H,2-4,7-9,12-13H2,1H3,(H,22,26)(H,24,25)(H2,21,23,27). The summed E-state index contributed by atoms with van der Waals surface area (Å²) in [6, 6.07) is 7.77. The summed E-state index contributed by atoms with van der Waals surface area (Å²) in [5.41, 5.74) is 1.85. The Morgan fingerprint density at radius 3 is 2.78 bits per heavy atom. The lowest BCUT2D eigenvalue weighted by Crippen LogP contribution is -2.43. The van der Waals surface area contributed by atoms with Gasteiger partial charge in [-0.15, -0.1) is 0 Å².